The van der Waals surface area contributed by atoms with Crippen molar-refractivity contribution in [3.8, 4) is 23.2 Å². The number of nitrogens with zero attached hydrogens (tertiary/aromatic N) is 6. The van der Waals surface area contributed by atoms with E-state index in [4.69, 9.17) is 20.6 Å². The van der Waals surface area contributed by atoms with Gasteiger partial charge >= 0.3 is 12.4 Å². The Morgan fingerprint density at radius 2 is 1.22 bits per heavy atom. The average Bonchev–Trinajstić information content (AvgIpc) is 3.82. The van der Waals surface area contributed by atoms with Gasteiger partial charge in [-0.05, 0) is 29.8 Å². The molecule has 236 valence electrons. The second kappa shape index (κ2) is 12.3. The topological polar surface area (TPSA) is 116 Å². The highest BCUT2D eigenvalue weighted by Gasteiger charge is 2.35. The van der Waals surface area contributed by atoms with E-state index in [9.17, 15) is 30.7 Å². The molecule has 0 atom stereocenters. The van der Waals surface area contributed by atoms with Crippen LogP contribution in [0.15, 0.2) is 70.0 Å². The van der Waals surface area contributed by atoms with E-state index in [2.05, 4.69) is 35.6 Å². The Bertz CT molecular complexity index is 2110. The molecule has 6 aromatic heterocycles. The van der Waals surface area contributed by atoms with Gasteiger partial charge in [0.2, 0.25) is 23.2 Å². The normalized spacial score (nSPS) is 12.0. The maximum Gasteiger partial charge on any atom is 0.425 e. The molecule has 0 saturated heterocycles. The zero-order valence-electron chi connectivity index (χ0n) is 22.3. The third-order valence-corrected chi connectivity index (χ3v) is 8.42. The minimum absolute atomic E-state index is 0.0526. The minimum atomic E-state index is -4.48. The Kier molecular flexibility index (Phi) is 8.34. The van der Waals surface area contributed by atoms with Crippen molar-refractivity contribution in [2.75, 3.05) is 5.32 Å². The number of thiophene rings is 2. The number of hydrogen-bond acceptors (Lipinski definition) is 11. The molecule has 0 aliphatic heterocycles. The Morgan fingerprint density at radius 1 is 0.696 bits per heavy atom. The van der Waals surface area contributed by atoms with Gasteiger partial charge in [0, 0.05) is 24.1 Å². The molecule has 9 nitrogen and oxygen atoms in total. The van der Waals surface area contributed by atoms with E-state index < -0.39 is 22.1 Å². The molecule has 7 rings (SSSR count). The number of anilines is 1. The van der Waals surface area contributed by atoms with E-state index in [1.807, 2.05) is 0 Å². The van der Waals surface area contributed by atoms with Crippen LogP contribution in [0, 0.1) is 5.82 Å². The largest absolute Gasteiger partial charge is 0.425 e. The van der Waals surface area contributed by atoms with E-state index in [1.54, 1.807) is 12.1 Å². The first-order chi connectivity index (χ1) is 21.8. The van der Waals surface area contributed by atoms with Crippen LogP contribution in [0.1, 0.15) is 15.3 Å². The summed E-state index contributed by atoms with van der Waals surface area (Å²) in [5.74, 6) is 0.558. The fraction of sp³-hybridized carbons (Fsp3) is 0.111. The van der Waals surface area contributed by atoms with Crippen molar-refractivity contribution in [2.24, 2.45) is 0 Å². The molecule has 19 heteroatoms. The van der Waals surface area contributed by atoms with Gasteiger partial charge in [-0.15, -0.1) is 22.7 Å². The Morgan fingerprint density at radius 3 is 1.74 bits per heavy atom. The molecule has 0 fully saturated rings. The lowest BCUT2D eigenvalue weighted by Crippen LogP contribution is -2.03. The monoisotopic (exact) mass is 699 g/mol. The van der Waals surface area contributed by atoms with Crippen molar-refractivity contribution in [3.63, 3.8) is 0 Å². The van der Waals surface area contributed by atoms with Crippen LogP contribution in [-0.2, 0) is 18.9 Å². The third-order valence-electron chi connectivity index (χ3n) is 5.99. The second-order valence-corrected chi connectivity index (χ2v) is 11.5. The molecule has 0 saturated carbocycles. The van der Waals surface area contributed by atoms with Gasteiger partial charge in [0.05, 0.1) is 17.8 Å². The van der Waals surface area contributed by atoms with Gasteiger partial charge < -0.3 is 14.4 Å². The molecule has 0 bridgehead atoms. The van der Waals surface area contributed by atoms with Crippen LogP contribution in [-0.4, -0.2) is 30.2 Å². The summed E-state index contributed by atoms with van der Waals surface area (Å²) < 4.78 is 100. The number of fused-ring (bicyclic) bond motifs is 2. The summed E-state index contributed by atoms with van der Waals surface area (Å²) in [5.41, 5.74) is 0.746. The Balaban J connectivity index is 0.000000172. The summed E-state index contributed by atoms with van der Waals surface area (Å²) in [6, 6.07) is 10.7. The summed E-state index contributed by atoms with van der Waals surface area (Å²) in [5, 5.41) is 10.4. The average molecular weight is 700 g/mol. The van der Waals surface area contributed by atoms with E-state index in [0.717, 1.165) is 17.7 Å². The van der Waals surface area contributed by atoms with Gasteiger partial charge in [-0.25, -0.2) is 24.3 Å². The van der Waals surface area contributed by atoms with E-state index in [-0.39, 0.29) is 66.9 Å². The van der Waals surface area contributed by atoms with Gasteiger partial charge in [-0.3, -0.25) is 0 Å². The van der Waals surface area contributed by atoms with Gasteiger partial charge in [-0.2, -0.15) is 26.3 Å². The fourth-order valence-corrected chi connectivity index (χ4v) is 5.97. The number of rotatable bonds is 5. The van der Waals surface area contributed by atoms with Gasteiger partial charge in [0.1, 0.15) is 36.2 Å². The maximum absolute atomic E-state index is 13.1. The molecule has 0 spiro atoms. The summed E-state index contributed by atoms with van der Waals surface area (Å²) in [7, 11) is 0. The lowest BCUT2D eigenvalue weighted by molar-refractivity contribution is -0.135. The molecular weight excluding hydrogens is 687 g/mol. The third kappa shape index (κ3) is 6.77. The number of aromatic nitrogens is 6. The van der Waals surface area contributed by atoms with E-state index >= 15 is 0 Å². The fourth-order valence-electron chi connectivity index (χ4n) is 3.89. The van der Waals surface area contributed by atoms with Crippen LogP contribution >= 0.6 is 34.3 Å². The molecular formula is C27H13ClF7N7O2S2. The zero-order valence-corrected chi connectivity index (χ0v) is 24.7. The molecule has 1 N–H and O–H groups in total. The number of hydrogen-bond donors (Lipinski definition) is 1. The van der Waals surface area contributed by atoms with Crippen LogP contribution in [0.2, 0.25) is 5.15 Å². The maximum atomic E-state index is 13.1. The summed E-state index contributed by atoms with van der Waals surface area (Å²) in [6.45, 7) is 0.249. The van der Waals surface area contributed by atoms with E-state index in [0.29, 0.717) is 22.7 Å². The van der Waals surface area contributed by atoms with Crippen LogP contribution in [0.5, 0.6) is 0 Å². The van der Waals surface area contributed by atoms with Crippen LogP contribution in [0.4, 0.5) is 36.6 Å². The van der Waals surface area contributed by atoms with Crippen molar-refractivity contribution >= 4 is 60.5 Å². The molecule has 0 aliphatic rings. The second-order valence-electron chi connectivity index (χ2n) is 9.12. The van der Waals surface area contributed by atoms with Crippen molar-refractivity contribution in [1.29, 1.82) is 0 Å². The number of halogens is 8. The molecule has 0 aliphatic carbocycles. The molecule has 1 aromatic carbocycles. The Labute approximate surface area is 264 Å². The highest BCUT2D eigenvalue weighted by atomic mass is 35.5. The molecule has 6 heterocycles. The molecule has 46 heavy (non-hydrogen) atoms. The predicted octanol–water partition coefficient (Wildman–Crippen LogP) is 9.13. The van der Waals surface area contributed by atoms with Crippen LogP contribution in [0.3, 0.4) is 0 Å². The minimum Gasteiger partial charge on any atom is -0.365 e. The van der Waals surface area contributed by atoms with Crippen molar-refractivity contribution in [3.05, 3.63) is 87.2 Å². The van der Waals surface area contributed by atoms with Gasteiger partial charge in [0.15, 0.2) is 0 Å². The van der Waals surface area contributed by atoms with Crippen LogP contribution < -0.4 is 5.32 Å². The quantitative estimate of drug-likeness (QED) is 0.139. The van der Waals surface area contributed by atoms with Crippen molar-refractivity contribution in [1.82, 2.24) is 30.2 Å². The zero-order chi connectivity index (χ0) is 32.6. The standard InChI is InChI=1S/C17H10F4N4OS.C10H3ClF3N3OS/c18-10-3-1-9(2-4-10)8-22-14-11-7-13(17(19,20)21)27-16(11)25-15(24-14)12-5-6-23-26-12;11-7-4-3-6(10(12,13)14)19-9(4)17-8(16-7)5-1-2-15-18-5/h1-7H,8H2,(H,22,24,25);1-3H. The van der Waals surface area contributed by atoms with Crippen molar-refractivity contribution in [2.45, 2.75) is 18.9 Å². The number of benzene rings is 1. The summed E-state index contributed by atoms with van der Waals surface area (Å²) in [6.07, 6.45) is -6.14. The van der Waals surface area contributed by atoms with Crippen LogP contribution in [0.25, 0.3) is 43.6 Å². The SMILES string of the molecule is FC(F)(F)c1cc2c(Cl)nc(-c3ccno3)nc2s1.Fc1ccc(CNc2nc(-c3ccno3)nc3sc(C(F)(F)F)cc23)cc1. The Hall–Kier alpha value is -4.68. The first-order valence-electron chi connectivity index (χ1n) is 12.6. The molecule has 7 aromatic rings. The summed E-state index contributed by atoms with van der Waals surface area (Å²) in [4.78, 5) is 15.1. The highest BCUT2D eigenvalue weighted by molar-refractivity contribution is 7.19. The number of alkyl halides is 6. The lowest BCUT2D eigenvalue weighted by Gasteiger charge is -2.08. The van der Waals surface area contributed by atoms with Gasteiger partial charge in [0.25, 0.3) is 0 Å². The first kappa shape index (κ1) is 31.3. The molecule has 0 unspecified atom stereocenters. The summed E-state index contributed by atoms with van der Waals surface area (Å²) >= 11 is 6.90. The van der Waals surface area contributed by atoms with Gasteiger partial charge in [-0.1, -0.05) is 34.0 Å². The smallest absolute Gasteiger partial charge is 0.365 e. The first-order valence-corrected chi connectivity index (χ1v) is 14.6. The van der Waals surface area contributed by atoms with E-state index in [1.165, 1.54) is 36.7 Å². The predicted molar refractivity (Wildman–Crippen MR) is 155 cm³/mol. The van der Waals surface area contributed by atoms with Crippen molar-refractivity contribution < 1.29 is 39.8 Å². The molecule has 0 amide bonds. The highest BCUT2D eigenvalue weighted by Crippen LogP contribution is 2.41. The lowest BCUT2D eigenvalue weighted by atomic mass is 10.2. The number of nitrogens with one attached hydrogen (secondary N) is 1. The molecule has 0 radical (unpaired) electrons.